The molecule has 7 nitrogen and oxygen atoms in total. The fraction of sp³-hybridized carbons (Fsp3) is 0.421. The molecule has 1 aromatic carbocycles. The summed E-state index contributed by atoms with van der Waals surface area (Å²) in [5.74, 6) is 2.56. The lowest BCUT2D eigenvalue weighted by molar-refractivity contribution is 0.369. The quantitative estimate of drug-likeness (QED) is 0.344. The highest BCUT2D eigenvalue weighted by molar-refractivity contribution is 14.0. The summed E-state index contributed by atoms with van der Waals surface area (Å²) >= 11 is 3.52. The molecule has 0 saturated carbocycles. The first kappa shape index (κ1) is 22.7. The zero-order valence-corrected chi connectivity index (χ0v) is 20.1. The van der Waals surface area contributed by atoms with Gasteiger partial charge in [0.15, 0.2) is 5.96 Å². The summed E-state index contributed by atoms with van der Waals surface area (Å²) in [5, 5.41) is 3.40. The van der Waals surface area contributed by atoms with Gasteiger partial charge in [-0.2, -0.15) is 0 Å². The first-order valence-corrected chi connectivity index (χ1v) is 9.88. The van der Waals surface area contributed by atoms with Crippen LogP contribution in [0.25, 0.3) is 0 Å². The van der Waals surface area contributed by atoms with E-state index in [9.17, 15) is 0 Å². The van der Waals surface area contributed by atoms with Crippen LogP contribution in [-0.2, 0) is 6.54 Å². The van der Waals surface area contributed by atoms with Crippen molar-refractivity contribution in [2.24, 2.45) is 4.99 Å². The van der Waals surface area contributed by atoms with Crippen LogP contribution in [0, 0.1) is 0 Å². The van der Waals surface area contributed by atoms with E-state index >= 15 is 0 Å². The first-order chi connectivity index (χ1) is 13.2. The van der Waals surface area contributed by atoms with E-state index in [2.05, 4.69) is 54.0 Å². The van der Waals surface area contributed by atoms with Gasteiger partial charge in [-0.15, -0.1) is 24.0 Å². The molecule has 0 aliphatic carbocycles. The van der Waals surface area contributed by atoms with Gasteiger partial charge in [-0.05, 0) is 31.2 Å². The van der Waals surface area contributed by atoms with Gasteiger partial charge in [0, 0.05) is 55.2 Å². The number of anilines is 1. The second-order valence-corrected chi connectivity index (χ2v) is 7.06. The van der Waals surface area contributed by atoms with Crippen LogP contribution in [0.5, 0.6) is 5.75 Å². The average Bonchev–Trinajstić information content (AvgIpc) is 2.72. The zero-order chi connectivity index (χ0) is 19.1. The highest BCUT2D eigenvalue weighted by atomic mass is 127. The van der Waals surface area contributed by atoms with E-state index in [0.29, 0.717) is 6.54 Å². The number of halogens is 2. The Bertz CT molecular complexity index is 768. The summed E-state index contributed by atoms with van der Waals surface area (Å²) in [6, 6.07) is 7.82. The van der Waals surface area contributed by atoms with Crippen LogP contribution < -0.4 is 15.0 Å². The fourth-order valence-corrected chi connectivity index (χ4v) is 3.44. The molecule has 152 valence electrons. The van der Waals surface area contributed by atoms with Crippen molar-refractivity contribution in [2.75, 3.05) is 44.7 Å². The highest BCUT2D eigenvalue weighted by Gasteiger charge is 2.21. The highest BCUT2D eigenvalue weighted by Crippen LogP contribution is 2.23. The standard InChI is InChI=1S/C19H25BrN6O.HI/c1-3-21-18(24-14-15-13-16(20)5-6-17(15)27-2)25-9-11-26(12-10-25)19-22-7-4-8-23-19;/h4-8,13H,3,9-12,14H2,1-2H3,(H,21,24);1H. The molecule has 1 N–H and O–H groups in total. The van der Waals surface area contributed by atoms with E-state index in [1.165, 1.54) is 0 Å². The number of nitrogens with zero attached hydrogens (tertiary/aromatic N) is 5. The third-order valence-corrected chi connectivity index (χ3v) is 4.88. The van der Waals surface area contributed by atoms with E-state index < -0.39 is 0 Å². The lowest BCUT2D eigenvalue weighted by Gasteiger charge is -2.36. The maximum Gasteiger partial charge on any atom is 0.225 e. The second kappa shape index (κ2) is 11.4. The van der Waals surface area contributed by atoms with Crippen molar-refractivity contribution >= 4 is 51.8 Å². The van der Waals surface area contributed by atoms with E-state index in [0.717, 1.165) is 60.4 Å². The van der Waals surface area contributed by atoms with Gasteiger partial charge >= 0.3 is 0 Å². The number of hydrogen-bond donors (Lipinski definition) is 1. The van der Waals surface area contributed by atoms with E-state index in [1.54, 1.807) is 19.5 Å². The van der Waals surface area contributed by atoms with Crippen molar-refractivity contribution in [3.05, 3.63) is 46.7 Å². The van der Waals surface area contributed by atoms with Gasteiger partial charge in [0.05, 0.1) is 13.7 Å². The van der Waals surface area contributed by atoms with Gasteiger partial charge in [0.1, 0.15) is 5.75 Å². The minimum absolute atomic E-state index is 0. The summed E-state index contributed by atoms with van der Waals surface area (Å²) < 4.78 is 6.48. The lowest BCUT2D eigenvalue weighted by atomic mass is 10.2. The third-order valence-electron chi connectivity index (χ3n) is 4.39. The molecule has 0 unspecified atom stereocenters. The minimum Gasteiger partial charge on any atom is -0.496 e. The monoisotopic (exact) mass is 560 g/mol. The molecule has 0 amide bonds. The Labute approximate surface area is 191 Å². The van der Waals surface area contributed by atoms with Crippen LogP contribution in [0.15, 0.2) is 46.1 Å². The maximum absolute atomic E-state index is 5.46. The maximum atomic E-state index is 5.46. The number of ether oxygens (including phenoxy) is 1. The molecule has 9 heteroatoms. The number of methoxy groups -OCH3 is 1. The molecular formula is C19H26BrIN6O. The Morgan fingerprint density at radius 2 is 1.93 bits per heavy atom. The third kappa shape index (κ3) is 5.94. The van der Waals surface area contributed by atoms with E-state index in [-0.39, 0.29) is 24.0 Å². The molecule has 28 heavy (non-hydrogen) atoms. The number of hydrogen-bond acceptors (Lipinski definition) is 5. The Kier molecular flexibility index (Phi) is 9.23. The van der Waals surface area contributed by atoms with Crippen molar-refractivity contribution in [1.29, 1.82) is 0 Å². The largest absolute Gasteiger partial charge is 0.496 e. The van der Waals surface area contributed by atoms with Crippen molar-refractivity contribution in [3.63, 3.8) is 0 Å². The molecule has 2 aromatic rings. The lowest BCUT2D eigenvalue weighted by Crippen LogP contribution is -2.52. The average molecular weight is 561 g/mol. The Balaban J connectivity index is 0.00000280. The SMILES string of the molecule is CCNC(=NCc1cc(Br)ccc1OC)N1CCN(c2ncccn2)CC1.I. The molecule has 0 spiro atoms. The van der Waals surface area contributed by atoms with Crippen LogP contribution in [0.1, 0.15) is 12.5 Å². The molecule has 1 fully saturated rings. The van der Waals surface area contributed by atoms with Crippen LogP contribution in [0.2, 0.25) is 0 Å². The Morgan fingerprint density at radius 3 is 2.57 bits per heavy atom. The molecule has 0 bridgehead atoms. The van der Waals surface area contributed by atoms with Gasteiger partial charge < -0.3 is 19.9 Å². The van der Waals surface area contributed by atoms with Crippen LogP contribution in [-0.4, -0.2) is 60.7 Å². The van der Waals surface area contributed by atoms with Crippen LogP contribution in [0.4, 0.5) is 5.95 Å². The summed E-state index contributed by atoms with van der Waals surface area (Å²) in [4.78, 5) is 18.0. The number of aromatic nitrogens is 2. The Morgan fingerprint density at radius 1 is 1.21 bits per heavy atom. The predicted octanol–water partition coefficient (Wildman–Crippen LogP) is 3.15. The summed E-state index contributed by atoms with van der Waals surface area (Å²) in [6.45, 7) is 6.97. The van der Waals surface area contributed by atoms with Gasteiger partial charge in [-0.1, -0.05) is 15.9 Å². The number of nitrogens with one attached hydrogen (secondary N) is 1. The van der Waals surface area contributed by atoms with Gasteiger partial charge in [-0.25, -0.2) is 15.0 Å². The van der Waals surface area contributed by atoms with Gasteiger partial charge in [0.2, 0.25) is 5.95 Å². The topological polar surface area (TPSA) is 65.9 Å². The smallest absolute Gasteiger partial charge is 0.225 e. The van der Waals surface area contributed by atoms with Crippen molar-refractivity contribution < 1.29 is 4.74 Å². The fourth-order valence-electron chi connectivity index (χ4n) is 3.03. The second-order valence-electron chi connectivity index (χ2n) is 6.15. The number of aliphatic imine (C=N–C) groups is 1. The minimum atomic E-state index is 0. The summed E-state index contributed by atoms with van der Waals surface area (Å²) in [7, 11) is 1.69. The van der Waals surface area contributed by atoms with E-state index in [1.807, 2.05) is 18.2 Å². The number of piperazine rings is 1. The number of guanidine groups is 1. The summed E-state index contributed by atoms with van der Waals surface area (Å²) in [5.41, 5.74) is 1.05. The molecular weight excluding hydrogens is 535 g/mol. The van der Waals surface area contributed by atoms with Gasteiger partial charge in [0.25, 0.3) is 0 Å². The molecule has 1 aliphatic rings. The van der Waals surface area contributed by atoms with Crippen LogP contribution in [0.3, 0.4) is 0 Å². The first-order valence-electron chi connectivity index (χ1n) is 9.09. The normalized spacial score (nSPS) is 14.5. The molecule has 1 saturated heterocycles. The molecule has 1 aliphatic heterocycles. The van der Waals surface area contributed by atoms with Crippen LogP contribution >= 0.6 is 39.9 Å². The van der Waals surface area contributed by atoms with Gasteiger partial charge in [-0.3, -0.25) is 0 Å². The van der Waals surface area contributed by atoms with Crippen molar-refractivity contribution in [2.45, 2.75) is 13.5 Å². The molecule has 1 aromatic heterocycles. The number of rotatable bonds is 5. The molecule has 3 rings (SSSR count). The molecule has 0 radical (unpaired) electrons. The van der Waals surface area contributed by atoms with Crippen molar-refractivity contribution in [1.82, 2.24) is 20.2 Å². The number of benzene rings is 1. The molecule has 2 heterocycles. The van der Waals surface area contributed by atoms with Crippen molar-refractivity contribution in [3.8, 4) is 5.75 Å². The summed E-state index contributed by atoms with van der Waals surface area (Å²) in [6.07, 6.45) is 3.57. The van der Waals surface area contributed by atoms with E-state index in [4.69, 9.17) is 9.73 Å². The Hall–Kier alpha value is -1.62. The zero-order valence-electron chi connectivity index (χ0n) is 16.1. The molecule has 0 atom stereocenters. The predicted molar refractivity (Wildman–Crippen MR) is 127 cm³/mol.